The van der Waals surface area contributed by atoms with Crippen molar-refractivity contribution in [3.05, 3.63) is 52.2 Å². The summed E-state index contributed by atoms with van der Waals surface area (Å²) in [5, 5.41) is 7.83. The van der Waals surface area contributed by atoms with Crippen molar-refractivity contribution in [1.82, 2.24) is 19.2 Å². The van der Waals surface area contributed by atoms with E-state index in [2.05, 4.69) is 15.4 Å². The quantitative estimate of drug-likeness (QED) is 0.788. The van der Waals surface area contributed by atoms with Crippen LogP contribution in [0.3, 0.4) is 0 Å². The van der Waals surface area contributed by atoms with Gasteiger partial charge in [-0.25, -0.2) is 13.9 Å². The molecule has 1 aliphatic rings. The Hall–Kier alpha value is -2.90. The third kappa shape index (κ3) is 2.54. The molecular weight excluding hydrogens is 325 g/mol. The standard InChI is InChI=1S/C17H18FN5O2/c1-10(2)15-19-7-14-16(24)22-8-13(20-17(22)21-23(14)15)11-3-5-12(6-4-11)25-9-18/h3-7,10,13H,8-9H2,1-2H3,(H,20,21). The zero-order valence-corrected chi connectivity index (χ0v) is 13.9. The summed E-state index contributed by atoms with van der Waals surface area (Å²) in [7, 11) is 0. The third-order valence-corrected chi connectivity index (χ3v) is 4.37. The summed E-state index contributed by atoms with van der Waals surface area (Å²) < 4.78 is 20.3. The fraction of sp³-hybridized carbons (Fsp3) is 0.353. The minimum Gasteiger partial charge on any atom is -0.463 e. The van der Waals surface area contributed by atoms with Crippen LogP contribution in [0.25, 0.3) is 5.52 Å². The van der Waals surface area contributed by atoms with Gasteiger partial charge in [-0.15, -0.1) is 5.10 Å². The van der Waals surface area contributed by atoms with E-state index in [0.717, 1.165) is 11.4 Å². The maximum absolute atomic E-state index is 12.7. The van der Waals surface area contributed by atoms with Gasteiger partial charge in [0.05, 0.1) is 18.8 Å². The molecule has 8 heteroatoms. The topological polar surface area (TPSA) is 73.5 Å². The van der Waals surface area contributed by atoms with Crippen LogP contribution < -0.4 is 15.6 Å². The summed E-state index contributed by atoms with van der Waals surface area (Å²) in [6, 6.07) is 7.05. The van der Waals surface area contributed by atoms with Crippen molar-refractivity contribution in [2.75, 3.05) is 12.2 Å². The number of anilines is 1. The van der Waals surface area contributed by atoms with Gasteiger partial charge >= 0.3 is 0 Å². The molecule has 2 aromatic heterocycles. The number of nitrogens with one attached hydrogen (secondary N) is 1. The number of hydrogen-bond donors (Lipinski definition) is 1. The number of benzene rings is 1. The number of alkyl halides is 1. The molecule has 0 radical (unpaired) electrons. The fourth-order valence-electron chi connectivity index (χ4n) is 3.10. The molecule has 1 aliphatic heterocycles. The molecule has 4 rings (SSSR count). The maximum atomic E-state index is 12.7. The highest BCUT2D eigenvalue weighted by molar-refractivity contribution is 5.48. The molecule has 3 aromatic rings. The molecule has 0 bridgehead atoms. The summed E-state index contributed by atoms with van der Waals surface area (Å²) in [4.78, 5) is 17.0. The Morgan fingerprint density at radius 1 is 1.36 bits per heavy atom. The number of halogens is 1. The van der Waals surface area contributed by atoms with Gasteiger partial charge in [0.1, 0.15) is 11.6 Å². The largest absolute Gasteiger partial charge is 0.463 e. The highest BCUT2D eigenvalue weighted by atomic mass is 19.1. The summed E-state index contributed by atoms with van der Waals surface area (Å²) in [6.45, 7) is 3.64. The van der Waals surface area contributed by atoms with E-state index in [1.54, 1.807) is 27.4 Å². The van der Waals surface area contributed by atoms with Gasteiger partial charge in [0, 0.05) is 5.92 Å². The minimum absolute atomic E-state index is 0.0813. The van der Waals surface area contributed by atoms with E-state index in [-0.39, 0.29) is 17.5 Å². The molecule has 0 aliphatic carbocycles. The molecule has 0 fully saturated rings. The summed E-state index contributed by atoms with van der Waals surface area (Å²) in [6.07, 6.45) is 1.58. The first-order valence-corrected chi connectivity index (χ1v) is 8.12. The van der Waals surface area contributed by atoms with Gasteiger partial charge in [0.25, 0.3) is 5.56 Å². The fourth-order valence-corrected chi connectivity index (χ4v) is 3.10. The van der Waals surface area contributed by atoms with Gasteiger partial charge in [0.15, 0.2) is 5.52 Å². The van der Waals surface area contributed by atoms with Crippen LogP contribution in [0.4, 0.5) is 10.3 Å². The van der Waals surface area contributed by atoms with E-state index in [9.17, 15) is 9.18 Å². The molecule has 3 heterocycles. The molecule has 1 N–H and O–H groups in total. The zero-order chi connectivity index (χ0) is 17.6. The van der Waals surface area contributed by atoms with Gasteiger partial charge in [-0.1, -0.05) is 26.0 Å². The maximum Gasteiger partial charge on any atom is 0.281 e. The third-order valence-electron chi connectivity index (χ3n) is 4.37. The van der Waals surface area contributed by atoms with Gasteiger partial charge in [0.2, 0.25) is 12.8 Å². The first-order chi connectivity index (χ1) is 12.1. The Morgan fingerprint density at radius 2 is 2.12 bits per heavy atom. The lowest BCUT2D eigenvalue weighted by Crippen LogP contribution is -2.22. The molecule has 130 valence electrons. The van der Waals surface area contributed by atoms with Crippen LogP contribution in [0, 0.1) is 0 Å². The van der Waals surface area contributed by atoms with Gasteiger partial charge < -0.3 is 10.1 Å². The molecule has 0 amide bonds. The highest BCUT2D eigenvalue weighted by Crippen LogP contribution is 2.28. The summed E-state index contributed by atoms with van der Waals surface area (Å²) in [5.41, 5.74) is 1.33. The van der Waals surface area contributed by atoms with Crippen molar-refractivity contribution in [2.24, 2.45) is 0 Å². The number of aromatic nitrogens is 4. The average molecular weight is 343 g/mol. The molecule has 1 atom stereocenters. The number of rotatable bonds is 4. The van der Waals surface area contributed by atoms with Crippen molar-refractivity contribution >= 4 is 11.5 Å². The predicted octanol–water partition coefficient (Wildman–Crippen LogP) is 2.49. The van der Waals surface area contributed by atoms with Gasteiger partial charge in [-0.05, 0) is 17.7 Å². The Bertz CT molecular complexity index is 977. The lowest BCUT2D eigenvalue weighted by Gasteiger charge is -2.10. The molecule has 0 spiro atoms. The number of fused-ring (bicyclic) bond motifs is 2. The lowest BCUT2D eigenvalue weighted by atomic mass is 10.1. The first kappa shape index (κ1) is 15.6. The molecule has 1 unspecified atom stereocenters. The van der Waals surface area contributed by atoms with Crippen molar-refractivity contribution in [2.45, 2.75) is 32.4 Å². The van der Waals surface area contributed by atoms with Crippen LogP contribution in [-0.4, -0.2) is 26.0 Å². The molecule has 1 aromatic carbocycles. The minimum atomic E-state index is -0.856. The van der Waals surface area contributed by atoms with Crippen LogP contribution >= 0.6 is 0 Å². The van der Waals surface area contributed by atoms with Crippen LogP contribution in [0.5, 0.6) is 5.75 Å². The van der Waals surface area contributed by atoms with Crippen molar-refractivity contribution < 1.29 is 9.13 Å². The second kappa shape index (κ2) is 5.87. The van der Waals surface area contributed by atoms with E-state index in [1.165, 1.54) is 0 Å². The second-order valence-electron chi connectivity index (χ2n) is 6.33. The van der Waals surface area contributed by atoms with Gasteiger partial charge in [-0.3, -0.25) is 9.36 Å². The molecule has 0 saturated carbocycles. The predicted molar refractivity (Wildman–Crippen MR) is 90.7 cm³/mol. The van der Waals surface area contributed by atoms with Crippen molar-refractivity contribution in [1.29, 1.82) is 0 Å². The Kier molecular flexibility index (Phi) is 3.67. The highest BCUT2D eigenvalue weighted by Gasteiger charge is 2.26. The van der Waals surface area contributed by atoms with Crippen molar-refractivity contribution in [3.63, 3.8) is 0 Å². The number of hydrogen-bond acceptors (Lipinski definition) is 5. The van der Waals surface area contributed by atoms with E-state index >= 15 is 0 Å². The normalized spacial score (nSPS) is 16.2. The van der Waals surface area contributed by atoms with Crippen molar-refractivity contribution in [3.8, 4) is 5.75 Å². The number of nitrogens with zero attached hydrogens (tertiary/aromatic N) is 4. The average Bonchev–Trinajstić information content (AvgIpc) is 3.21. The first-order valence-electron chi connectivity index (χ1n) is 8.12. The number of imidazole rings is 1. The summed E-state index contributed by atoms with van der Waals surface area (Å²) in [5.74, 6) is 1.91. The van der Waals surface area contributed by atoms with Crippen LogP contribution in [-0.2, 0) is 6.54 Å². The second-order valence-corrected chi connectivity index (χ2v) is 6.33. The van der Waals surface area contributed by atoms with E-state index < -0.39 is 6.86 Å². The van der Waals surface area contributed by atoms with Crippen LogP contribution in [0.1, 0.15) is 37.2 Å². The van der Waals surface area contributed by atoms with E-state index in [0.29, 0.717) is 23.8 Å². The van der Waals surface area contributed by atoms with Gasteiger partial charge in [-0.2, -0.15) is 0 Å². The Balaban J connectivity index is 1.69. The molecule has 7 nitrogen and oxygen atoms in total. The zero-order valence-electron chi connectivity index (χ0n) is 13.9. The summed E-state index contributed by atoms with van der Waals surface area (Å²) >= 11 is 0. The molecular formula is C17H18FN5O2. The lowest BCUT2D eigenvalue weighted by molar-refractivity contribution is 0.191. The SMILES string of the molecule is CC(C)c1ncc2c(=O)n3c(nn12)NC(c1ccc(OCF)cc1)C3. The van der Waals surface area contributed by atoms with Crippen LogP contribution in [0.2, 0.25) is 0 Å². The number of ether oxygens (including phenoxy) is 1. The Morgan fingerprint density at radius 3 is 2.80 bits per heavy atom. The van der Waals surface area contributed by atoms with E-state index in [4.69, 9.17) is 4.74 Å². The smallest absolute Gasteiger partial charge is 0.281 e. The van der Waals surface area contributed by atoms with Crippen LogP contribution in [0.15, 0.2) is 35.3 Å². The molecule has 25 heavy (non-hydrogen) atoms. The molecule has 0 saturated heterocycles. The monoisotopic (exact) mass is 343 g/mol. The Labute approximate surface area is 143 Å². The van der Waals surface area contributed by atoms with E-state index in [1.807, 2.05) is 26.0 Å².